The third-order valence-electron chi connectivity index (χ3n) is 2.77. The minimum absolute atomic E-state index is 0.144. The molecule has 2 aromatic rings. The molecule has 5 heteroatoms. The number of aryl methyl sites for hydroxylation is 1. The van der Waals surface area contributed by atoms with Crippen LogP contribution in [0.5, 0.6) is 0 Å². The van der Waals surface area contributed by atoms with Crippen molar-refractivity contribution >= 4 is 30.4 Å². The van der Waals surface area contributed by atoms with Crippen LogP contribution in [0.1, 0.15) is 22.8 Å². The van der Waals surface area contributed by atoms with Crippen LogP contribution in [0.4, 0.5) is 4.39 Å². The maximum Gasteiger partial charge on any atom is 0.336 e. The largest absolute Gasteiger partial charge is 0.478 e. The van der Waals surface area contributed by atoms with Crippen molar-refractivity contribution in [2.45, 2.75) is 28.0 Å². The first kappa shape index (κ1) is 14.9. The number of hydrogen-bond acceptors (Lipinski definition) is 3. The van der Waals surface area contributed by atoms with Gasteiger partial charge in [0.2, 0.25) is 0 Å². The zero-order chi connectivity index (χ0) is 14.7. The van der Waals surface area contributed by atoms with E-state index in [1.54, 1.807) is 18.2 Å². The van der Waals surface area contributed by atoms with E-state index in [2.05, 4.69) is 12.6 Å². The molecule has 0 aliphatic rings. The highest BCUT2D eigenvalue weighted by atomic mass is 32.2. The molecular formula is C15H13FO2S2. The van der Waals surface area contributed by atoms with Gasteiger partial charge >= 0.3 is 5.97 Å². The van der Waals surface area contributed by atoms with Gasteiger partial charge in [-0.3, -0.25) is 0 Å². The first-order valence-electron chi connectivity index (χ1n) is 6.03. The first-order valence-corrected chi connectivity index (χ1v) is 7.29. The van der Waals surface area contributed by atoms with Crippen molar-refractivity contribution in [2.75, 3.05) is 0 Å². The zero-order valence-corrected chi connectivity index (χ0v) is 12.5. The smallest absolute Gasteiger partial charge is 0.336 e. The molecular weight excluding hydrogens is 295 g/mol. The summed E-state index contributed by atoms with van der Waals surface area (Å²) in [5.74, 6) is -1.30. The second-order valence-electron chi connectivity index (χ2n) is 4.23. The molecule has 0 aliphatic heterocycles. The Kier molecular flexibility index (Phi) is 4.73. The van der Waals surface area contributed by atoms with Gasteiger partial charge in [0.25, 0.3) is 0 Å². The van der Waals surface area contributed by atoms with Crippen molar-refractivity contribution < 1.29 is 14.3 Å². The summed E-state index contributed by atoms with van der Waals surface area (Å²) in [6.45, 7) is 1.96. The highest BCUT2D eigenvalue weighted by Crippen LogP contribution is 2.31. The second-order valence-corrected chi connectivity index (χ2v) is 5.86. The molecule has 20 heavy (non-hydrogen) atoms. The maximum absolute atomic E-state index is 13.5. The average Bonchev–Trinajstić information content (AvgIpc) is 2.40. The fraction of sp³-hybridized carbons (Fsp3) is 0.133. The molecule has 2 nitrogen and oxygen atoms in total. The Labute approximate surface area is 126 Å². The van der Waals surface area contributed by atoms with E-state index < -0.39 is 5.97 Å². The summed E-state index contributed by atoms with van der Waals surface area (Å²) in [7, 11) is 0. The van der Waals surface area contributed by atoms with E-state index in [0.717, 1.165) is 21.8 Å². The van der Waals surface area contributed by atoms with Crippen LogP contribution >= 0.6 is 24.4 Å². The zero-order valence-electron chi connectivity index (χ0n) is 10.8. The van der Waals surface area contributed by atoms with Gasteiger partial charge in [0, 0.05) is 14.7 Å². The van der Waals surface area contributed by atoms with E-state index >= 15 is 0 Å². The molecule has 2 aromatic carbocycles. The van der Waals surface area contributed by atoms with Gasteiger partial charge in [-0.15, -0.1) is 12.6 Å². The number of hydrogen-bond donors (Lipinski definition) is 2. The summed E-state index contributed by atoms with van der Waals surface area (Å²) in [5.41, 5.74) is 1.06. The topological polar surface area (TPSA) is 37.3 Å². The van der Waals surface area contributed by atoms with Crippen LogP contribution in [-0.4, -0.2) is 11.1 Å². The van der Waals surface area contributed by atoms with E-state index in [1.807, 2.05) is 13.0 Å². The average molecular weight is 308 g/mol. The SMILES string of the molecule is CCc1cc(F)cc(Sc2ccc(S)c(C(=O)O)c2)c1. The molecule has 0 atom stereocenters. The summed E-state index contributed by atoms with van der Waals surface area (Å²) in [4.78, 5) is 13.0. The van der Waals surface area contributed by atoms with Crippen LogP contribution in [0.15, 0.2) is 51.1 Å². The van der Waals surface area contributed by atoms with Gasteiger partial charge in [-0.2, -0.15) is 0 Å². The molecule has 0 fully saturated rings. The normalized spacial score (nSPS) is 10.6. The number of carboxylic acids is 1. The number of rotatable bonds is 4. The number of benzene rings is 2. The summed E-state index contributed by atoms with van der Waals surface area (Å²) >= 11 is 5.44. The van der Waals surface area contributed by atoms with Gasteiger partial charge in [-0.05, 0) is 48.4 Å². The highest BCUT2D eigenvalue weighted by Gasteiger charge is 2.10. The molecule has 0 amide bonds. The lowest BCUT2D eigenvalue weighted by atomic mass is 10.2. The maximum atomic E-state index is 13.5. The number of carboxylic acid groups (broad SMARTS) is 1. The Morgan fingerprint density at radius 2 is 2.00 bits per heavy atom. The second kappa shape index (κ2) is 6.33. The lowest BCUT2D eigenvalue weighted by molar-refractivity contribution is 0.0693. The molecule has 0 saturated carbocycles. The fourth-order valence-corrected chi connectivity index (χ4v) is 2.97. The number of thiol groups is 1. The highest BCUT2D eigenvalue weighted by molar-refractivity contribution is 7.99. The van der Waals surface area contributed by atoms with Crippen molar-refractivity contribution in [1.29, 1.82) is 0 Å². The van der Waals surface area contributed by atoms with Crippen molar-refractivity contribution in [2.24, 2.45) is 0 Å². The van der Waals surface area contributed by atoms with Crippen LogP contribution in [-0.2, 0) is 6.42 Å². The van der Waals surface area contributed by atoms with Gasteiger partial charge in [-0.1, -0.05) is 18.7 Å². The van der Waals surface area contributed by atoms with E-state index in [1.165, 1.54) is 23.9 Å². The number of aromatic carboxylic acids is 1. The molecule has 0 saturated heterocycles. The van der Waals surface area contributed by atoms with Crippen LogP contribution in [0.3, 0.4) is 0 Å². The predicted molar refractivity (Wildman–Crippen MR) is 80.6 cm³/mol. The van der Waals surface area contributed by atoms with Crippen molar-refractivity contribution in [3.8, 4) is 0 Å². The summed E-state index contributed by atoms with van der Waals surface area (Å²) in [5, 5.41) is 9.06. The van der Waals surface area contributed by atoms with E-state index in [-0.39, 0.29) is 11.4 Å². The molecule has 0 bridgehead atoms. The molecule has 104 valence electrons. The van der Waals surface area contributed by atoms with Gasteiger partial charge in [-0.25, -0.2) is 9.18 Å². The molecule has 0 aromatic heterocycles. The van der Waals surface area contributed by atoms with E-state index in [9.17, 15) is 9.18 Å². The first-order chi connectivity index (χ1) is 9.49. The Hall–Kier alpha value is -1.46. The van der Waals surface area contributed by atoms with Crippen LogP contribution in [0.25, 0.3) is 0 Å². The lowest BCUT2D eigenvalue weighted by Crippen LogP contribution is -1.97. The number of carbonyl (C=O) groups is 1. The molecule has 0 radical (unpaired) electrons. The van der Waals surface area contributed by atoms with Crippen molar-refractivity contribution in [3.05, 3.63) is 53.3 Å². The van der Waals surface area contributed by atoms with Crippen LogP contribution in [0.2, 0.25) is 0 Å². The van der Waals surface area contributed by atoms with Gasteiger partial charge < -0.3 is 5.11 Å². The van der Waals surface area contributed by atoms with Crippen molar-refractivity contribution in [1.82, 2.24) is 0 Å². The molecule has 0 heterocycles. The minimum Gasteiger partial charge on any atom is -0.478 e. The summed E-state index contributed by atoms with van der Waals surface area (Å²) in [6.07, 6.45) is 0.751. The van der Waals surface area contributed by atoms with Gasteiger partial charge in [0.1, 0.15) is 5.82 Å². The van der Waals surface area contributed by atoms with Gasteiger partial charge in [0.15, 0.2) is 0 Å². The van der Waals surface area contributed by atoms with Crippen molar-refractivity contribution in [3.63, 3.8) is 0 Å². The standard InChI is InChI=1S/C15H13FO2S2/c1-2-9-5-10(16)7-12(6-9)20-11-3-4-14(19)13(8-11)15(17)18/h3-8,19H,2H2,1H3,(H,17,18). The molecule has 2 rings (SSSR count). The van der Waals surface area contributed by atoms with E-state index in [4.69, 9.17) is 5.11 Å². The van der Waals surface area contributed by atoms with E-state index in [0.29, 0.717) is 4.90 Å². The fourth-order valence-electron chi connectivity index (χ4n) is 1.77. The molecule has 0 unspecified atom stereocenters. The van der Waals surface area contributed by atoms with Crippen LogP contribution < -0.4 is 0 Å². The summed E-state index contributed by atoms with van der Waals surface area (Å²) < 4.78 is 13.5. The minimum atomic E-state index is -1.02. The van der Waals surface area contributed by atoms with Crippen LogP contribution in [0, 0.1) is 5.82 Å². The molecule has 0 spiro atoms. The predicted octanol–water partition coefficient (Wildman–Crippen LogP) is 4.53. The Morgan fingerprint density at radius 1 is 1.25 bits per heavy atom. The molecule has 1 N–H and O–H groups in total. The Bertz CT molecular complexity index is 656. The Balaban J connectivity index is 2.32. The third-order valence-corrected chi connectivity index (χ3v) is 4.12. The quantitative estimate of drug-likeness (QED) is 0.815. The van der Waals surface area contributed by atoms with Gasteiger partial charge in [0.05, 0.1) is 5.56 Å². The Morgan fingerprint density at radius 3 is 2.65 bits per heavy atom. The lowest BCUT2D eigenvalue weighted by Gasteiger charge is -2.07. The summed E-state index contributed by atoms with van der Waals surface area (Å²) in [6, 6.07) is 9.81. The third kappa shape index (κ3) is 3.55. The molecule has 0 aliphatic carbocycles. The monoisotopic (exact) mass is 308 g/mol. The number of halogens is 1.